The first-order valence-corrected chi connectivity index (χ1v) is 6.63. The first kappa shape index (κ1) is 16.2. The summed E-state index contributed by atoms with van der Waals surface area (Å²) in [5.41, 5.74) is 2.02. The summed E-state index contributed by atoms with van der Waals surface area (Å²) in [5.74, 6) is 0.837. The van der Waals surface area contributed by atoms with Gasteiger partial charge in [0.05, 0.1) is 0 Å². The zero-order chi connectivity index (χ0) is 14.0. The fourth-order valence-corrected chi connectivity index (χ4v) is 1.57. The zero-order valence-electron chi connectivity index (χ0n) is 12.2. The number of benzene rings is 1. The molecule has 1 heteroatoms. The van der Waals surface area contributed by atoms with E-state index >= 15 is 0 Å². The van der Waals surface area contributed by atoms with E-state index in [4.69, 9.17) is 4.42 Å². The Morgan fingerprint density at radius 2 is 1.67 bits per heavy atom. The largest absolute Gasteiger partial charge is 0.456 e. The average Bonchev–Trinajstić information content (AvgIpc) is 2.82. The highest BCUT2D eigenvalue weighted by atomic mass is 16.3. The van der Waals surface area contributed by atoms with Crippen LogP contribution < -0.4 is 0 Å². The van der Waals surface area contributed by atoms with Crippen molar-refractivity contribution in [1.82, 2.24) is 0 Å². The predicted molar refractivity (Wildman–Crippen MR) is 83.7 cm³/mol. The summed E-state index contributed by atoms with van der Waals surface area (Å²) in [6.45, 7) is 13.7. The van der Waals surface area contributed by atoms with Gasteiger partial charge in [-0.05, 0) is 19.1 Å². The molecule has 0 aliphatic carbocycles. The van der Waals surface area contributed by atoms with Gasteiger partial charge in [0.25, 0.3) is 0 Å². The maximum atomic E-state index is 5.63. The molecular formula is C17H24O. The molecule has 0 fully saturated rings. The number of furan rings is 1. The number of allylic oxidation sites excluding steroid dienone is 1. The molecule has 0 saturated heterocycles. The van der Waals surface area contributed by atoms with Crippen molar-refractivity contribution in [3.8, 4) is 0 Å². The fraction of sp³-hybridized carbons (Fsp3) is 0.294. The normalized spacial score (nSPS) is 9.39. The molecule has 18 heavy (non-hydrogen) atoms. The van der Waals surface area contributed by atoms with Gasteiger partial charge in [-0.1, -0.05) is 64.6 Å². The minimum Gasteiger partial charge on any atom is -0.456 e. The fourth-order valence-electron chi connectivity index (χ4n) is 1.57. The average molecular weight is 244 g/mol. The Morgan fingerprint density at radius 1 is 1.06 bits per heavy atom. The summed E-state index contributed by atoms with van der Waals surface area (Å²) < 4.78 is 5.63. The molecule has 0 N–H and O–H groups in total. The second-order valence-electron chi connectivity index (χ2n) is 3.08. The monoisotopic (exact) mass is 244 g/mol. The van der Waals surface area contributed by atoms with Crippen LogP contribution in [0.15, 0.2) is 41.3 Å². The zero-order valence-corrected chi connectivity index (χ0v) is 12.2. The van der Waals surface area contributed by atoms with E-state index in [9.17, 15) is 0 Å². The van der Waals surface area contributed by atoms with Crippen LogP contribution in [0.5, 0.6) is 0 Å². The van der Waals surface area contributed by atoms with Crippen LogP contribution in [-0.2, 0) is 0 Å². The molecule has 0 saturated carbocycles. The third-order valence-corrected chi connectivity index (χ3v) is 2.18. The maximum absolute atomic E-state index is 5.63. The molecule has 0 spiro atoms. The van der Waals surface area contributed by atoms with Gasteiger partial charge < -0.3 is 4.42 Å². The number of hydrogen-bond donors (Lipinski definition) is 0. The number of hydrogen-bond acceptors (Lipinski definition) is 1. The smallest absolute Gasteiger partial charge is 0.135 e. The molecule has 0 atom stereocenters. The van der Waals surface area contributed by atoms with Crippen LogP contribution in [0.3, 0.4) is 0 Å². The summed E-state index contributed by atoms with van der Waals surface area (Å²) >= 11 is 0. The van der Waals surface area contributed by atoms with Gasteiger partial charge in [0.2, 0.25) is 0 Å². The molecule has 0 bridgehead atoms. The van der Waals surface area contributed by atoms with E-state index in [0.717, 1.165) is 22.3 Å². The lowest BCUT2D eigenvalue weighted by molar-refractivity contribution is 0.603. The van der Waals surface area contributed by atoms with Crippen LogP contribution in [0.1, 0.15) is 45.9 Å². The molecule has 0 aliphatic heterocycles. The lowest BCUT2D eigenvalue weighted by atomic mass is 10.1. The molecule has 0 radical (unpaired) electrons. The highest BCUT2D eigenvalue weighted by Crippen LogP contribution is 2.27. The quantitative estimate of drug-likeness (QED) is 0.616. The molecule has 1 aromatic carbocycles. The van der Waals surface area contributed by atoms with E-state index in [-0.39, 0.29) is 0 Å². The lowest BCUT2D eigenvalue weighted by Crippen LogP contribution is -1.71. The van der Waals surface area contributed by atoms with Crippen LogP contribution in [0.25, 0.3) is 23.1 Å². The molecule has 0 amide bonds. The summed E-state index contributed by atoms with van der Waals surface area (Å²) in [4.78, 5) is 0. The van der Waals surface area contributed by atoms with Crippen LogP contribution in [-0.4, -0.2) is 0 Å². The Bertz CT molecular complexity index is 489. The summed E-state index contributed by atoms with van der Waals surface area (Å²) in [5, 5.41) is 1.14. The van der Waals surface area contributed by atoms with E-state index in [1.54, 1.807) is 6.08 Å². The first-order valence-electron chi connectivity index (χ1n) is 6.63. The summed E-state index contributed by atoms with van der Waals surface area (Å²) in [6.07, 6.45) is 5.79. The molecule has 0 aliphatic rings. The molecular weight excluding hydrogens is 220 g/mol. The van der Waals surface area contributed by atoms with Crippen LogP contribution >= 0.6 is 0 Å². The van der Waals surface area contributed by atoms with Crippen molar-refractivity contribution in [3.63, 3.8) is 0 Å². The van der Waals surface area contributed by atoms with Crippen molar-refractivity contribution in [2.24, 2.45) is 0 Å². The molecule has 1 aromatic heterocycles. The number of para-hydroxylation sites is 1. The maximum Gasteiger partial charge on any atom is 0.135 e. The van der Waals surface area contributed by atoms with Crippen LogP contribution in [0, 0.1) is 0 Å². The van der Waals surface area contributed by atoms with Crippen molar-refractivity contribution >= 4 is 23.1 Å². The Balaban J connectivity index is 0.000000659. The third kappa shape index (κ3) is 3.63. The summed E-state index contributed by atoms with van der Waals surface area (Å²) in [7, 11) is 0. The molecule has 0 unspecified atom stereocenters. The van der Waals surface area contributed by atoms with Crippen molar-refractivity contribution in [2.45, 2.75) is 34.6 Å². The Morgan fingerprint density at radius 3 is 2.22 bits per heavy atom. The van der Waals surface area contributed by atoms with Gasteiger partial charge in [0, 0.05) is 10.9 Å². The van der Waals surface area contributed by atoms with Gasteiger partial charge >= 0.3 is 0 Å². The standard InChI is InChI=1S/C13H12O.2C2H6/c1-3-7-10-11-8-5-6-9-13(11)14-12(10)4-2;2*1-2/h3-9H,2H2,1H3;2*1-2H3/b7-3-;;. The van der Waals surface area contributed by atoms with E-state index in [1.807, 2.05) is 65.0 Å². The molecule has 2 rings (SSSR count). The van der Waals surface area contributed by atoms with Gasteiger partial charge in [-0.2, -0.15) is 0 Å². The molecule has 2 aromatic rings. The van der Waals surface area contributed by atoms with Gasteiger partial charge in [-0.25, -0.2) is 0 Å². The SMILES string of the molecule is C=Cc1oc2ccccc2c1/C=C\C.CC.CC. The van der Waals surface area contributed by atoms with Crippen molar-refractivity contribution in [3.05, 3.63) is 48.2 Å². The van der Waals surface area contributed by atoms with Crippen molar-refractivity contribution in [1.29, 1.82) is 0 Å². The minimum atomic E-state index is 0.837. The topological polar surface area (TPSA) is 13.1 Å². The van der Waals surface area contributed by atoms with Gasteiger partial charge in [0.1, 0.15) is 11.3 Å². The number of fused-ring (bicyclic) bond motifs is 1. The van der Waals surface area contributed by atoms with Crippen molar-refractivity contribution < 1.29 is 4.42 Å². The Labute approximate surface area is 111 Å². The lowest BCUT2D eigenvalue weighted by Gasteiger charge is -1.89. The second kappa shape index (κ2) is 9.29. The van der Waals surface area contributed by atoms with E-state index < -0.39 is 0 Å². The molecule has 98 valence electrons. The van der Waals surface area contributed by atoms with E-state index in [1.165, 1.54) is 0 Å². The Kier molecular flexibility index (Phi) is 8.38. The summed E-state index contributed by atoms with van der Waals surface area (Å²) in [6, 6.07) is 8.01. The first-order chi connectivity index (χ1) is 8.86. The third-order valence-electron chi connectivity index (χ3n) is 2.18. The number of rotatable bonds is 2. The second-order valence-corrected chi connectivity index (χ2v) is 3.08. The molecule has 1 heterocycles. The molecule has 1 nitrogen and oxygen atoms in total. The van der Waals surface area contributed by atoms with E-state index in [0.29, 0.717) is 0 Å². The van der Waals surface area contributed by atoms with Gasteiger partial charge in [-0.15, -0.1) is 0 Å². The highest BCUT2D eigenvalue weighted by Gasteiger charge is 2.07. The van der Waals surface area contributed by atoms with E-state index in [2.05, 4.69) is 12.6 Å². The van der Waals surface area contributed by atoms with Gasteiger partial charge in [0.15, 0.2) is 0 Å². The van der Waals surface area contributed by atoms with Crippen molar-refractivity contribution in [2.75, 3.05) is 0 Å². The highest BCUT2D eigenvalue weighted by molar-refractivity contribution is 5.90. The van der Waals surface area contributed by atoms with Crippen LogP contribution in [0.2, 0.25) is 0 Å². The minimum absolute atomic E-state index is 0.837. The van der Waals surface area contributed by atoms with Crippen LogP contribution in [0.4, 0.5) is 0 Å². The Hall–Kier alpha value is -1.76. The van der Waals surface area contributed by atoms with Gasteiger partial charge in [-0.3, -0.25) is 0 Å². The predicted octanol–water partition coefficient (Wildman–Crippen LogP) is 6.16.